The van der Waals surface area contributed by atoms with Crippen LogP contribution in [0.5, 0.6) is 11.5 Å². The molecule has 1 atom stereocenters. The molecular formula is C13H17N3O5. The van der Waals surface area contributed by atoms with E-state index in [9.17, 15) is 14.9 Å². The van der Waals surface area contributed by atoms with Crippen LogP contribution in [0.15, 0.2) is 12.1 Å². The first-order chi connectivity index (χ1) is 10.0. The van der Waals surface area contributed by atoms with Gasteiger partial charge in [-0.15, -0.1) is 0 Å². The number of rotatable bonds is 6. The molecule has 0 aromatic heterocycles. The summed E-state index contributed by atoms with van der Waals surface area (Å²) in [5, 5.41) is 13.6. The fraction of sp³-hybridized carbons (Fsp3) is 0.462. The number of nitro groups is 1. The summed E-state index contributed by atoms with van der Waals surface area (Å²) in [6.07, 6.45) is 0.992. The van der Waals surface area contributed by atoms with E-state index in [1.807, 2.05) is 6.92 Å². The van der Waals surface area contributed by atoms with Gasteiger partial charge in [-0.2, -0.15) is 0 Å². The minimum atomic E-state index is -0.572. The van der Waals surface area contributed by atoms with Gasteiger partial charge in [0.25, 0.3) is 5.69 Å². The predicted octanol–water partition coefficient (Wildman–Crippen LogP) is 1.64. The molecule has 1 amide bonds. The van der Waals surface area contributed by atoms with Crippen molar-refractivity contribution in [3.05, 3.63) is 22.2 Å². The number of amides is 1. The molecule has 0 fully saturated rings. The summed E-state index contributed by atoms with van der Waals surface area (Å²) >= 11 is 0. The Kier molecular flexibility index (Phi) is 4.59. The van der Waals surface area contributed by atoms with Gasteiger partial charge in [0, 0.05) is 12.5 Å². The molecule has 2 rings (SSSR count). The molecule has 1 heterocycles. The minimum Gasteiger partial charge on any atom is -0.454 e. The van der Waals surface area contributed by atoms with Gasteiger partial charge in [-0.25, -0.2) is 0 Å². The van der Waals surface area contributed by atoms with Crippen LogP contribution in [0.2, 0.25) is 0 Å². The Morgan fingerprint density at radius 1 is 1.48 bits per heavy atom. The highest BCUT2D eigenvalue weighted by atomic mass is 16.7. The van der Waals surface area contributed by atoms with Crippen molar-refractivity contribution in [2.45, 2.75) is 19.8 Å². The molecule has 0 saturated carbocycles. The Balaban J connectivity index is 2.19. The van der Waals surface area contributed by atoms with Crippen LogP contribution >= 0.6 is 0 Å². The van der Waals surface area contributed by atoms with E-state index in [1.165, 1.54) is 12.1 Å². The zero-order chi connectivity index (χ0) is 15.4. The van der Waals surface area contributed by atoms with Crippen LogP contribution in [0.3, 0.4) is 0 Å². The van der Waals surface area contributed by atoms with Crippen LogP contribution < -0.4 is 20.5 Å². The predicted molar refractivity (Wildman–Crippen MR) is 75.3 cm³/mol. The molecule has 1 unspecified atom stereocenters. The molecule has 1 aliphatic heterocycles. The second kappa shape index (κ2) is 6.40. The molecule has 21 heavy (non-hydrogen) atoms. The second-order valence-corrected chi connectivity index (χ2v) is 4.74. The number of hydrogen-bond acceptors (Lipinski definition) is 6. The molecule has 1 aromatic rings. The zero-order valence-electron chi connectivity index (χ0n) is 11.6. The summed E-state index contributed by atoms with van der Waals surface area (Å²) in [5.41, 5.74) is 5.42. The van der Waals surface area contributed by atoms with Crippen molar-refractivity contribution in [2.24, 2.45) is 11.7 Å². The Bertz CT molecular complexity index is 557. The number of nitro benzene ring substituents is 1. The third kappa shape index (κ3) is 3.40. The molecule has 8 heteroatoms. The second-order valence-electron chi connectivity index (χ2n) is 4.74. The first kappa shape index (κ1) is 15.0. The molecule has 1 aliphatic rings. The minimum absolute atomic E-state index is 0.00890. The van der Waals surface area contributed by atoms with Gasteiger partial charge in [0.05, 0.1) is 11.0 Å². The van der Waals surface area contributed by atoms with Gasteiger partial charge < -0.3 is 20.5 Å². The topological polar surface area (TPSA) is 117 Å². The van der Waals surface area contributed by atoms with Crippen LogP contribution in [0.25, 0.3) is 0 Å². The van der Waals surface area contributed by atoms with Crippen molar-refractivity contribution >= 4 is 17.3 Å². The summed E-state index contributed by atoms with van der Waals surface area (Å²) in [6.45, 7) is 2.34. The van der Waals surface area contributed by atoms with Crippen molar-refractivity contribution in [1.82, 2.24) is 0 Å². The van der Waals surface area contributed by atoms with Gasteiger partial charge in [-0.05, 0) is 12.5 Å². The van der Waals surface area contributed by atoms with Crippen LogP contribution in [-0.4, -0.2) is 24.2 Å². The monoisotopic (exact) mass is 295 g/mol. The molecular weight excluding hydrogens is 278 g/mol. The van der Waals surface area contributed by atoms with E-state index in [0.29, 0.717) is 18.0 Å². The Morgan fingerprint density at radius 3 is 2.71 bits per heavy atom. The number of ether oxygens (including phenoxy) is 2. The number of anilines is 1. The lowest BCUT2D eigenvalue weighted by atomic mass is 10.0. The summed E-state index contributed by atoms with van der Waals surface area (Å²) in [6, 6.07) is 2.65. The molecule has 114 valence electrons. The van der Waals surface area contributed by atoms with Gasteiger partial charge in [-0.1, -0.05) is 13.3 Å². The van der Waals surface area contributed by atoms with Gasteiger partial charge in [-0.3, -0.25) is 14.9 Å². The molecule has 0 aliphatic carbocycles. The number of fused-ring (bicyclic) bond motifs is 1. The third-order valence-electron chi connectivity index (χ3n) is 3.35. The lowest BCUT2D eigenvalue weighted by Crippen LogP contribution is -2.22. The number of carbonyl (C=O) groups excluding carboxylic acids is 1. The van der Waals surface area contributed by atoms with Gasteiger partial charge in [0.2, 0.25) is 12.7 Å². The number of carbonyl (C=O) groups is 1. The maximum atomic E-state index is 12.0. The molecule has 0 radical (unpaired) electrons. The molecule has 0 spiro atoms. The highest BCUT2D eigenvalue weighted by molar-refractivity contribution is 5.94. The largest absolute Gasteiger partial charge is 0.454 e. The fourth-order valence-electron chi connectivity index (χ4n) is 2.04. The lowest BCUT2D eigenvalue weighted by molar-refractivity contribution is -0.384. The Hall–Kier alpha value is -2.35. The quantitative estimate of drug-likeness (QED) is 0.608. The van der Waals surface area contributed by atoms with Crippen molar-refractivity contribution in [3.8, 4) is 11.5 Å². The van der Waals surface area contributed by atoms with Gasteiger partial charge in [0.1, 0.15) is 5.69 Å². The summed E-state index contributed by atoms with van der Waals surface area (Å²) in [4.78, 5) is 22.5. The zero-order valence-corrected chi connectivity index (χ0v) is 11.6. The van der Waals surface area contributed by atoms with Gasteiger partial charge >= 0.3 is 0 Å². The number of nitrogens with zero attached hydrogens (tertiary/aromatic N) is 1. The summed E-state index contributed by atoms with van der Waals surface area (Å²) < 4.78 is 10.3. The normalized spacial score (nSPS) is 13.8. The SMILES string of the molecule is CCC(CN)CC(=O)Nc1cc2c(cc1[N+](=O)[O-])OCO2. The van der Waals surface area contributed by atoms with E-state index in [-0.39, 0.29) is 36.4 Å². The highest BCUT2D eigenvalue weighted by Crippen LogP contribution is 2.40. The van der Waals surface area contributed by atoms with E-state index in [1.54, 1.807) is 0 Å². The lowest BCUT2D eigenvalue weighted by Gasteiger charge is -2.12. The maximum absolute atomic E-state index is 12.0. The third-order valence-corrected chi connectivity index (χ3v) is 3.35. The van der Waals surface area contributed by atoms with Gasteiger partial charge in [0.15, 0.2) is 11.5 Å². The first-order valence-electron chi connectivity index (χ1n) is 6.63. The van der Waals surface area contributed by atoms with E-state index in [2.05, 4.69) is 5.32 Å². The molecule has 1 aromatic carbocycles. The Morgan fingerprint density at radius 2 is 2.14 bits per heavy atom. The van der Waals surface area contributed by atoms with E-state index in [4.69, 9.17) is 15.2 Å². The highest BCUT2D eigenvalue weighted by Gasteiger charge is 2.24. The number of benzene rings is 1. The van der Waals surface area contributed by atoms with Crippen molar-refractivity contribution < 1.29 is 19.2 Å². The molecule has 0 saturated heterocycles. The molecule has 3 N–H and O–H groups in total. The Labute approximate surface area is 121 Å². The van der Waals surface area contributed by atoms with Crippen LogP contribution in [0, 0.1) is 16.0 Å². The fourth-order valence-corrected chi connectivity index (χ4v) is 2.04. The van der Waals surface area contributed by atoms with Crippen LogP contribution in [0.4, 0.5) is 11.4 Å². The van der Waals surface area contributed by atoms with Crippen molar-refractivity contribution in [2.75, 3.05) is 18.7 Å². The summed E-state index contributed by atoms with van der Waals surface area (Å²) in [5.74, 6) is 0.419. The average Bonchev–Trinajstić information content (AvgIpc) is 2.90. The average molecular weight is 295 g/mol. The first-order valence-corrected chi connectivity index (χ1v) is 6.63. The van der Waals surface area contributed by atoms with Crippen molar-refractivity contribution in [3.63, 3.8) is 0 Å². The maximum Gasteiger partial charge on any atom is 0.296 e. The number of nitrogens with two attached hydrogens (primary N) is 1. The standard InChI is InChI=1S/C13H17N3O5/c1-2-8(6-14)3-13(17)15-9-4-11-12(21-7-20-11)5-10(9)16(18)19/h4-5,8H,2-3,6-7,14H2,1H3,(H,15,17). The van der Waals surface area contributed by atoms with Crippen molar-refractivity contribution in [1.29, 1.82) is 0 Å². The van der Waals surface area contributed by atoms with E-state index >= 15 is 0 Å². The molecule has 8 nitrogen and oxygen atoms in total. The smallest absolute Gasteiger partial charge is 0.296 e. The molecule has 0 bridgehead atoms. The number of nitrogens with one attached hydrogen (secondary N) is 1. The van der Waals surface area contributed by atoms with E-state index in [0.717, 1.165) is 6.42 Å². The van der Waals surface area contributed by atoms with Crippen LogP contribution in [0.1, 0.15) is 19.8 Å². The van der Waals surface area contributed by atoms with E-state index < -0.39 is 4.92 Å². The van der Waals surface area contributed by atoms with Crippen LogP contribution in [-0.2, 0) is 4.79 Å². The summed E-state index contributed by atoms with van der Waals surface area (Å²) in [7, 11) is 0. The number of hydrogen-bond donors (Lipinski definition) is 2.